The highest BCUT2D eigenvalue weighted by Crippen LogP contribution is 2.19. The molecule has 0 aliphatic heterocycles. The first-order chi connectivity index (χ1) is 9.56. The molecule has 0 fully saturated rings. The molecule has 5 heteroatoms. The van der Waals surface area contributed by atoms with Gasteiger partial charge in [-0.25, -0.2) is 4.39 Å². The Balaban J connectivity index is 1.87. The summed E-state index contributed by atoms with van der Waals surface area (Å²) in [6, 6.07) is 9.26. The van der Waals surface area contributed by atoms with Crippen molar-refractivity contribution in [1.29, 1.82) is 0 Å². The second-order valence-electron chi connectivity index (χ2n) is 4.24. The Bertz CT molecular complexity index is 634. The smallest absolute Gasteiger partial charge is 0.311 e. The van der Waals surface area contributed by atoms with Crippen LogP contribution in [-0.2, 0) is 4.79 Å². The van der Waals surface area contributed by atoms with Gasteiger partial charge in [-0.1, -0.05) is 12.1 Å². The molecule has 104 valence electrons. The molecule has 0 bridgehead atoms. The highest BCUT2D eigenvalue weighted by Gasteiger charge is 2.13. The third-order valence-corrected chi connectivity index (χ3v) is 3.67. The van der Waals surface area contributed by atoms with Crippen LogP contribution in [0.5, 0.6) is 5.75 Å². The minimum absolute atomic E-state index is 0.0627. The lowest BCUT2D eigenvalue weighted by molar-refractivity contribution is -0.134. The van der Waals surface area contributed by atoms with Crippen molar-refractivity contribution in [2.45, 2.75) is 19.8 Å². The quantitative estimate of drug-likeness (QED) is 0.479. The van der Waals surface area contributed by atoms with Gasteiger partial charge in [-0.3, -0.25) is 9.59 Å². The van der Waals surface area contributed by atoms with Crippen molar-refractivity contribution in [3.05, 3.63) is 52.0 Å². The van der Waals surface area contributed by atoms with Gasteiger partial charge in [0, 0.05) is 11.3 Å². The second-order valence-corrected chi connectivity index (χ2v) is 5.53. The molecule has 0 N–H and O–H groups in total. The molecule has 1 aromatic heterocycles. The predicted octanol–water partition coefficient (Wildman–Crippen LogP) is 3.76. The molecule has 0 atom stereocenters. The fourth-order valence-corrected chi connectivity index (χ4v) is 2.46. The van der Waals surface area contributed by atoms with Crippen LogP contribution in [0.4, 0.5) is 4.39 Å². The molecule has 0 aliphatic rings. The Morgan fingerprint density at radius 1 is 1.15 bits per heavy atom. The zero-order valence-corrected chi connectivity index (χ0v) is 11.7. The number of para-hydroxylation sites is 1. The van der Waals surface area contributed by atoms with Crippen molar-refractivity contribution in [2.24, 2.45) is 0 Å². The summed E-state index contributed by atoms with van der Waals surface area (Å²) in [5.74, 6) is -1.43. The van der Waals surface area contributed by atoms with Crippen LogP contribution in [0.1, 0.15) is 27.4 Å². The van der Waals surface area contributed by atoms with Crippen LogP contribution in [0, 0.1) is 12.7 Å². The van der Waals surface area contributed by atoms with Crippen molar-refractivity contribution in [3.8, 4) is 5.75 Å². The molecule has 2 aromatic rings. The maximum atomic E-state index is 13.3. The van der Waals surface area contributed by atoms with Gasteiger partial charge in [-0.05, 0) is 31.2 Å². The van der Waals surface area contributed by atoms with Crippen LogP contribution in [0.25, 0.3) is 0 Å². The summed E-state index contributed by atoms with van der Waals surface area (Å²) >= 11 is 1.39. The number of hydrogen-bond donors (Lipinski definition) is 0. The summed E-state index contributed by atoms with van der Waals surface area (Å²) < 4.78 is 18.1. The number of Topliss-reactive ketones (excluding diaryl/α,β-unsaturated/α-hetero) is 1. The fourth-order valence-electron chi connectivity index (χ4n) is 1.62. The van der Waals surface area contributed by atoms with Crippen LogP contribution in [0.2, 0.25) is 0 Å². The summed E-state index contributed by atoms with van der Waals surface area (Å²) in [6.45, 7) is 1.91. The van der Waals surface area contributed by atoms with Gasteiger partial charge in [0.1, 0.15) is 0 Å². The van der Waals surface area contributed by atoms with Crippen LogP contribution >= 0.6 is 11.3 Å². The Kier molecular flexibility index (Phi) is 4.63. The van der Waals surface area contributed by atoms with Gasteiger partial charge in [0.05, 0.1) is 11.3 Å². The average Bonchev–Trinajstić information content (AvgIpc) is 2.85. The number of halogens is 1. The minimum Gasteiger partial charge on any atom is -0.423 e. The number of ketones is 1. The number of ether oxygens (including phenoxy) is 1. The summed E-state index contributed by atoms with van der Waals surface area (Å²) in [7, 11) is 0. The lowest BCUT2D eigenvalue weighted by atomic mass is 10.2. The normalized spacial score (nSPS) is 10.3. The van der Waals surface area contributed by atoms with E-state index in [1.165, 1.54) is 29.5 Å². The van der Waals surface area contributed by atoms with Crippen molar-refractivity contribution in [2.75, 3.05) is 0 Å². The summed E-state index contributed by atoms with van der Waals surface area (Å²) in [5, 5.41) is 0. The van der Waals surface area contributed by atoms with Crippen LogP contribution < -0.4 is 4.74 Å². The van der Waals surface area contributed by atoms with Crippen molar-refractivity contribution >= 4 is 23.1 Å². The molecule has 0 amide bonds. The molecule has 1 heterocycles. The molecule has 2 rings (SSSR count). The van der Waals surface area contributed by atoms with Gasteiger partial charge in [0.25, 0.3) is 0 Å². The molecular weight excluding hydrogens is 279 g/mol. The Morgan fingerprint density at radius 3 is 2.55 bits per heavy atom. The Labute approximate surface area is 120 Å². The van der Waals surface area contributed by atoms with Gasteiger partial charge in [0.15, 0.2) is 17.3 Å². The first-order valence-corrected chi connectivity index (χ1v) is 6.93. The van der Waals surface area contributed by atoms with Gasteiger partial charge in [-0.15, -0.1) is 11.3 Å². The molecule has 0 spiro atoms. The highest BCUT2D eigenvalue weighted by molar-refractivity contribution is 7.14. The Hall–Kier alpha value is -2.01. The zero-order valence-electron chi connectivity index (χ0n) is 10.9. The molecule has 0 saturated heterocycles. The second kappa shape index (κ2) is 6.43. The van der Waals surface area contributed by atoms with Gasteiger partial charge < -0.3 is 4.74 Å². The topological polar surface area (TPSA) is 43.4 Å². The highest BCUT2D eigenvalue weighted by atomic mass is 32.1. The number of thiophene rings is 1. The number of esters is 1. The van der Waals surface area contributed by atoms with E-state index in [1.54, 1.807) is 12.1 Å². The first kappa shape index (κ1) is 14.4. The number of rotatable bonds is 5. The molecule has 0 radical (unpaired) electrons. The van der Waals surface area contributed by atoms with Crippen LogP contribution in [0.3, 0.4) is 0 Å². The number of carbonyl (C=O) groups excluding carboxylic acids is 2. The summed E-state index contributed by atoms with van der Waals surface area (Å²) in [5.41, 5.74) is 0. The largest absolute Gasteiger partial charge is 0.423 e. The third kappa shape index (κ3) is 3.74. The van der Waals surface area contributed by atoms with Crippen molar-refractivity contribution in [1.82, 2.24) is 0 Å². The molecule has 3 nitrogen and oxygen atoms in total. The predicted molar refractivity (Wildman–Crippen MR) is 74.7 cm³/mol. The van der Waals surface area contributed by atoms with Gasteiger partial charge in [0.2, 0.25) is 0 Å². The maximum Gasteiger partial charge on any atom is 0.311 e. The number of aryl methyl sites for hydroxylation is 1. The van der Waals surface area contributed by atoms with Gasteiger partial charge >= 0.3 is 5.97 Å². The van der Waals surface area contributed by atoms with E-state index in [0.29, 0.717) is 4.88 Å². The number of hydrogen-bond acceptors (Lipinski definition) is 4. The van der Waals surface area contributed by atoms with E-state index in [9.17, 15) is 14.0 Å². The third-order valence-electron chi connectivity index (χ3n) is 2.63. The van der Waals surface area contributed by atoms with E-state index < -0.39 is 11.8 Å². The minimum atomic E-state index is -0.614. The first-order valence-electron chi connectivity index (χ1n) is 6.11. The van der Waals surface area contributed by atoms with Gasteiger partial charge in [-0.2, -0.15) is 0 Å². The van der Waals surface area contributed by atoms with E-state index in [4.69, 9.17) is 4.74 Å². The van der Waals surface area contributed by atoms with E-state index in [-0.39, 0.29) is 24.4 Å². The SMILES string of the molecule is Cc1ccc(C(=O)CCC(=O)Oc2ccccc2F)s1. The summed E-state index contributed by atoms with van der Waals surface area (Å²) in [4.78, 5) is 25.0. The fraction of sp³-hybridized carbons (Fsp3) is 0.200. The molecular formula is C15H13FO3S. The van der Waals surface area contributed by atoms with Crippen LogP contribution in [-0.4, -0.2) is 11.8 Å². The molecule has 0 unspecified atom stereocenters. The lowest BCUT2D eigenvalue weighted by Crippen LogP contribution is -2.11. The number of benzene rings is 1. The Morgan fingerprint density at radius 2 is 1.90 bits per heavy atom. The van der Waals surface area contributed by atoms with E-state index in [2.05, 4.69) is 0 Å². The lowest BCUT2D eigenvalue weighted by Gasteiger charge is -2.04. The molecule has 1 aromatic carbocycles. The number of carbonyl (C=O) groups is 2. The van der Waals surface area contributed by atoms with Crippen LogP contribution in [0.15, 0.2) is 36.4 Å². The monoisotopic (exact) mass is 292 g/mol. The molecule has 0 saturated carbocycles. The average molecular weight is 292 g/mol. The standard InChI is InChI=1S/C15H13FO3S/c1-10-6-8-14(20-10)12(17)7-9-15(18)19-13-5-3-2-4-11(13)16/h2-6,8H,7,9H2,1H3. The van der Waals surface area contributed by atoms with E-state index in [1.807, 2.05) is 13.0 Å². The zero-order chi connectivity index (χ0) is 14.5. The van der Waals surface area contributed by atoms with E-state index in [0.717, 1.165) is 4.88 Å². The maximum absolute atomic E-state index is 13.3. The van der Waals surface area contributed by atoms with E-state index >= 15 is 0 Å². The molecule has 20 heavy (non-hydrogen) atoms. The molecule has 0 aliphatic carbocycles. The van der Waals surface area contributed by atoms with Crippen molar-refractivity contribution < 1.29 is 18.7 Å². The summed E-state index contributed by atoms with van der Waals surface area (Å²) in [6.07, 6.45) is -0.00262. The van der Waals surface area contributed by atoms with Crippen molar-refractivity contribution in [3.63, 3.8) is 0 Å².